The molecule has 1 N–H and O–H groups in total. The van der Waals surface area contributed by atoms with Crippen LogP contribution in [0, 0.1) is 6.92 Å². The Morgan fingerprint density at radius 2 is 1.83 bits per heavy atom. The Kier molecular flexibility index (Phi) is 3.30. The lowest BCUT2D eigenvalue weighted by molar-refractivity contribution is 0.278. The molecular formula is C11H16O. The summed E-state index contributed by atoms with van der Waals surface area (Å²) < 4.78 is 0. The molecule has 0 aliphatic heterocycles. The number of aliphatic hydroxyl groups excluding tert-OH is 1. The quantitative estimate of drug-likeness (QED) is 0.727. The summed E-state index contributed by atoms with van der Waals surface area (Å²) in [6, 6.07) is 8.50. The molecule has 12 heavy (non-hydrogen) atoms. The average Bonchev–Trinajstić information content (AvgIpc) is 2.06. The summed E-state index contributed by atoms with van der Waals surface area (Å²) in [6.45, 7) is 4.50. The molecule has 0 fully saturated rings. The van der Waals surface area contributed by atoms with Crippen molar-refractivity contribution < 1.29 is 5.11 Å². The number of rotatable bonds is 3. The fraction of sp³-hybridized carbons (Fsp3) is 0.455. The lowest BCUT2D eigenvalue weighted by Crippen LogP contribution is -1.96. The standard InChI is InChI=1S/C11H16O/c1-9-3-5-11(6-4-9)10(2)7-8-12/h3-6,10,12H,7-8H2,1-2H3/t10-/m0/s1. The molecule has 66 valence electrons. The van der Waals surface area contributed by atoms with Crippen LogP contribution in [0.4, 0.5) is 0 Å². The van der Waals surface area contributed by atoms with Crippen molar-refractivity contribution in [2.45, 2.75) is 26.2 Å². The average molecular weight is 164 g/mol. The highest BCUT2D eigenvalue weighted by atomic mass is 16.3. The Morgan fingerprint density at radius 1 is 1.25 bits per heavy atom. The molecule has 1 aromatic carbocycles. The van der Waals surface area contributed by atoms with E-state index in [2.05, 4.69) is 38.1 Å². The number of benzene rings is 1. The minimum Gasteiger partial charge on any atom is -0.396 e. The molecule has 0 bridgehead atoms. The minimum absolute atomic E-state index is 0.273. The zero-order valence-corrected chi connectivity index (χ0v) is 7.75. The van der Waals surface area contributed by atoms with Crippen LogP contribution in [-0.2, 0) is 0 Å². The van der Waals surface area contributed by atoms with Gasteiger partial charge in [-0.2, -0.15) is 0 Å². The van der Waals surface area contributed by atoms with Crippen molar-refractivity contribution in [1.82, 2.24) is 0 Å². The molecule has 1 nitrogen and oxygen atoms in total. The summed E-state index contributed by atoms with van der Waals surface area (Å²) in [7, 11) is 0. The van der Waals surface area contributed by atoms with E-state index in [1.54, 1.807) is 0 Å². The molecule has 0 aliphatic rings. The van der Waals surface area contributed by atoms with E-state index in [1.807, 2.05) is 0 Å². The Balaban J connectivity index is 2.68. The van der Waals surface area contributed by atoms with Gasteiger partial charge in [0.15, 0.2) is 0 Å². The summed E-state index contributed by atoms with van der Waals surface area (Å²) in [5, 5.41) is 8.75. The molecule has 0 heterocycles. The topological polar surface area (TPSA) is 20.2 Å². The van der Waals surface area contributed by atoms with E-state index in [1.165, 1.54) is 11.1 Å². The summed E-state index contributed by atoms with van der Waals surface area (Å²) in [6.07, 6.45) is 0.850. The lowest BCUT2D eigenvalue weighted by atomic mass is 9.97. The maximum Gasteiger partial charge on any atom is 0.0436 e. The third-order valence-corrected chi connectivity index (χ3v) is 2.21. The Hall–Kier alpha value is -0.820. The second-order valence-corrected chi connectivity index (χ2v) is 3.32. The monoisotopic (exact) mass is 164 g/mol. The van der Waals surface area contributed by atoms with Crippen LogP contribution in [0.1, 0.15) is 30.4 Å². The third kappa shape index (κ3) is 2.35. The van der Waals surface area contributed by atoms with Gasteiger partial charge in [-0.1, -0.05) is 36.8 Å². The highest BCUT2D eigenvalue weighted by Gasteiger charge is 2.02. The van der Waals surface area contributed by atoms with Gasteiger partial charge >= 0.3 is 0 Å². The van der Waals surface area contributed by atoms with Gasteiger partial charge in [-0.3, -0.25) is 0 Å². The van der Waals surface area contributed by atoms with Gasteiger partial charge in [0.25, 0.3) is 0 Å². The fourth-order valence-corrected chi connectivity index (χ4v) is 1.26. The highest BCUT2D eigenvalue weighted by Crippen LogP contribution is 2.18. The molecule has 0 aliphatic carbocycles. The van der Waals surface area contributed by atoms with E-state index in [-0.39, 0.29) is 6.61 Å². The van der Waals surface area contributed by atoms with Gasteiger partial charge in [0.05, 0.1) is 0 Å². The largest absolute Gasteiger partial charge is 0.396 e. The first kappa shape index (κ1) is 9.27. The zero-order chi connectivity index (χ0) is 8.97. The third-order valence-electron chi connectivity index (χ3n) is 2.21. The first-order valence-corrected chi connectivity index (χ1v) is 4.41. The van der Waals surface area contributed by atoms with Gasteiger partial charge in [-0.25, -0.2) is 0 Å². The molecular weight excluding hydrogens is 148 g/mol. The molecule has 0 saturated carbocycles. The second kappa shape index (κ2) is 4.27. The summed E-state index contributed by atoms with van der Waals surface area (Å²) in [5.74, 6) is 0.468. The molecule has 1 rings (SSSR count). The molecule has 1 heteroatoms. The van der Waals surface area contributed by atoms with Crippen LogP contribution in [0.3, 0.4) is 0 Å². The first-order chi connectivity index (χ1) is 5.74. The van der Waals surface area contributed by atoms with Crippen LogP contribution >= 0.6 is 0 Å². The van der Waals surface area contributed by atoms with Gasteiger partial charge in [0.2, 0.25) is 0 Å². The van der Waals surface area contributed by atoms with Crippen LogP contribution in [-0.4, -0.2) is 11.7 Å². The smallest absolute Gasteiger partial charge is 0.0436 e. The van der Waals surface area contributed by atoms with Crippen LogP contribution in [0.15, 0.2) is 24.3 Å². The van der Waals surface area contributed by atoms with Crippen molar-refractivity contribution in [3.8, 4) is 0 Å². The predicted octanol–water partition coefficient (Wildman–Crippen LogP) is 2.48. The molecule has 0 radical (unpaired) electrons. The second-order valence-electron chi connectivity index (χ2n) is 3.32. The number of hydrogen-bond acceptors (Lipinski definition) is 1. The van der Waals surface area contributed by atoms with Crippen molar-refractivity contribution >= 4 is 0 Å². The van der Waals surface area contributed by atoms with E-state index >= 15 is 0 Å². The van der Waals surface area contributed by atoms with Crippen LogP contribution < -0.4 is 0 Å². The van der Waals surface area contributed by atoms with Gasteiger partial charge in [-0.15, -0.1) is 0 Å². The van der Waals surface area contributed by atoms with Crippen molar-refractivity contribution in [1.29, 1.82) is 0 Å². The van der Waals surface area contributed by atoms with Crippen LogP contribution in [0.5, 0.6) is 0 Å². The van der Waals surface area contributed by atoms with Gasteiger partial charge < -0.3 is 5.11 Å². The Morgan fingerprint density at radius 3 is 2.33 bits per heavy atom. The van der Waals surface area contributed by atoms with Crippen molar-refractivity contribution in [3.63, 3.8) is 0 Å². The van der Waals surface area contributed by atoms with E-state index in [9.17, 15) is 0 Å². The molecule has 0 unspecified atom stereocenters. The van der Waals surface area contributed by atoms with Crippen molar-refractivity contribution in [2.24, 2.45) is 0 Å². The summed E-state index contributed by atoms with van der Waals surface area (Å²) in [4.78, 5) is 0. The number of aliphatic hydroxyl groups is 1. The number of hydrogen-bond donors (Lipinski definition) is 1. The Labute approximate surface area is 74.1 Å². The summed E-state index contributed by atoms with van der Waals surface area (Å²) >= 11 is 0. The molecule has 1 aromatic rings. The van der Waals surface area contributed by atoms with E-state index < -0.39 is 0 Å². The van der Waals surface area contributed by atoms with Crippen LogP contribution in [0.2, 0.25) is 0 Å². The van der Waals surface area contributed by atoms with E-state index in [0.717, 1.165) is 6.42 Å². The van der Waals surface area contributed by atoms with Crippen molar-refractivity contribution in [3.05, 3.63) is 35.4 Å². The minimum atomic E-state index is 0.273. The van der Waals surface area contributed by atoms with E-state index in [4.69, 9.17) is 5.11 Å². The summed E-state index contributed by atoms with van der Waals surface area (Å²) in [5.41, 5.74) is 2.60. The molecule has 0 amide bonds. The number of aryl methyl sites for hydroxylation is 1. The SMILES string of the molecule is Cc1ccc([C@@H](C)CCO)cc1. The van der Waals surface area contributed by atoms with Crippen molar-refractivity contribution in [2.75, 3.05) is 6.61 Å². The maximum absolute atomic E-state index is 8.75. The lowest BCUT2D eigenvalue weighted by Gasteiger charge is -2.09. The first-order valence-electron chi connectivity index (χ1n) is 4.41. The van der Waals surface area contributed by atoms with Gasteiger partial charge in [0.1, 0.15) is 0 Å². The molecule has 0 aromatic heterocycles. The maximum atomic E-state index is 8.75. The fourth-order valence-electron chi connectivity index (χ4n) is 1.26. The Bertz CT molecular complexity index is 225. The normalized spacial score (nSPS) is 12.9. The molecule has 1 atom stereocenters. The zero-order valence-electron chi connectivity index (χ0n) is 7.75. The highest BCUT2D eigenvalue weighted by molar-refractivity contribution is 5.23. The van der Waals surface area contributed by atoms with Gasteiger partial charge in [-0.05, 0) is 24.8 Å². The van der Waals surface area contributed by atoms with Crippen LogP contribution in [0.25, 0.3) is 0 Å². The predicted molar refractivity (Wildman–Crippen MR) is 51.3 cm³/mol. The molecule has 0 spiro atoms. The van der Waals surface area contributed by atoms with Gasteiger partial charge in [0, 0.05) is 6.61 Å². The molecule has 0 saturated heterocycles. The van der Waals surface area contributed by atoms with E-state index in [0.29, 0.717) is 5.92 Å².